The highest BCUT2D eigenvalue weighted by Crippen LogP contribution is 2.28. The fourth-order valence-corrected chi connectivity index (χ4v) is 2.52. The minimum atomic E-state index is -4.07. The fourth-order valence-electron chi connectivity index (χ4n) is 1.64. The molecule has 7 heteroatoms. The highest BCUT2D eigenvalue weighted by molar-refractivity contribution is 7.05. The molecule has 3 nitrogen and oxygen atoms in total. The van der Waals surface area contributed by atoms with Gasteiger partial charge in [-0.15, -0.1) is 5.10 Å². The molecule has 0 radical (unpaired) electrons. The quantitative estimate of drug-likeness (QED) is 0.860. The summed E-state index contributed by atoms with van der Waals surface area (Å²) in [4.78, 5) is 0.956. The van der Waals surface area contributed by atoms with Gasteiger partial charge in [0.2, 0.25) is 0 Å². The zero-order valence-corrected chi connectivity index (χ0v) is 10.7. The van der Waals surface area contributed by atoms with Crippen LogP contribution in [0.2, 0.25) is 0 Å². The maximum absolute atomic E-state index is 12.1. The van der Waals surface area contributed by atoms with Crippen LogP contribution in [0.25, 0.3) is 0 Å². The van der Waals surface area contributed by atoms with Crippen molar-refractivity contribution >= 4 is 11.5 Å². The van der Waals surface area contributed by atoms with Crippen molar-refractivity contribution in [2.45, 2.75) is 44.8 Å². The molecule has 1 heterocycles. The Kier molecular flexibility index (Phi) is 5.32. The number of nitrogens with one attached hydrogen (secondary N) is 1. The SMILES string of the molecule is CCc1nnsc1C(CCCC(F)(F)F)NC. The second-order valence-electron chi connectivity index (χ2n) is 3.79. The van der Waals surface area contributed by atoms with Crippen LogP contribution in [0.1, 0.15) is 42.8 Å². The number of alkyl halides is 3. The third-order valence-electron chi connectivity index (χ3n) is 2.54. The van der Waals surface area contributed by atoms with Gasteiger partial charge in [-0.3, -0.25) is 0 Å². The van der Waals surface area contributed by atoms with E-state index in [-0.39, 0.29) is 12.5 Å². The number of hydrogen-bond donors (Lipinski definition) is 1. The van der Waals surface area contributed by atoms with Crippen LogP contribution in [0.4, 0.5) is 13.2 Å². The van der Waals surface area contributed by atoms with Crippen molar-refractivity contribution in [2.24, 2.45) is 0 Å². The van der Waals surface area contributed by atoms with Gasteiger partial charge < -0.3 is 5.32 Å². The number of nitrogens with zero attached hydrogens (tertiary/aromatic N) is 2. The van der Waals surface area contributed by atoms with Gasteiger partial charge in [-0.1, -0.05) is 11.4 Å². The van der Waals surface area contributed by atoms with Crippen molar-refractivity contribution < 1.29 is 13.2 Å². The van der Waals surface area contributed by atoms with Crippen LogP contribution in [0.3, 0.4) is 0 Å². The molecule has 0 spiro atoms. The molecule has 0 aliphatic rings. The molecule has 1 atom stereocenters. The van der Waals surface area contributed by atoms with Crippen LogP contribution in [0, 0.1) is 0 Å². The van der Waals surface area contributed by atoms with E-state index in [4.69, 9.17) is 0 Å². The Hall–Kier alpha value is -0.690. The van der Waals surface area contributed by atoms with Crippen LogP contribution in [0.5, 0.6) is 0 Å². The van der Waals surface area contributed by atoms with E-state index in [9.17, 15) is 13.2 Å². The van der Waals surface area contributed by atoms with Crippen LogP contribution in [-0.4, -0.2) is 22.8 Å². The van der Waals surface area contributed by atoms with E-state index in [2.05, 4.69) is 14.9 Å². The summed E-state index contributed by atoms with van der Waals surface area (Å²) in [5.41, 5.74) is 0.876. The summed E-state index contributed by atoms with van der Waals surface area (Å²) in [5, 5.41) is 7.00. The first kappa shape index (κ1) is 14.4. The van der Waals surface area contributed by atoms with Crippen molar-refractivity contribution in [3.8, 4) is 0 Å². The largest absolute Gasteiger partial charge is 0.389 e. The molecular weight excluding hydrogens is 251 g/mol. The van der Waals surface area contributed by atoms with Gasteiger partial charge in [0.25, 0.3) is 0 Å². The number of aryl methyl sites for hydroxylation is 1. The van der Waals surface area contributed by atoms with E-state index >= 15 is 0 Å². The zero-order chi connectivity index (χ0) is 12.9. The van der Waals surface area contributed by atoms with Gasteiger partial charge in [0, 0.05) is 12.5 Å². The van der Waals surface area contributed by atoms with Gasteiger partial charge in [0.05, 0.1) is 10.6 Å². The Morgan fingerprint density at radius 1 is 1.41 bits per heavy atom. The summed E-state index contributed by atoms with van der Waals surface area (Å²) in [6.45, 7) is 1.96. The molecule has 0 aliphatic heterocycles. The molecule has 0 saturated carbocycles. The Labute approximate surface area is 103 Å². The summed E-state index contributed by atoms with van der Waals surface area (Å²) in [6.07, 6.45) is -3.48. The van der Waals surface area contributed by atoms with Crippen LogP contribution in [0.15, 0.2) is 0 Å². The van der Waals surface area contributed by atoms with Crippen LogP contribution in [-0.2, 0) is 6.42 Å². The van der Waals surface area contributed by atoms with Crippen molar-refractivity contribution in [1.82, 2.24) is 14.9 Å². The second kappa shape index (κ2) is 6.30. The van der Waals surface area contributed by atoms with E-state index in [0.717, 1.165) is 17.0 Å². The lowest BCUT2D eigenvalue weighted by molar-refractivity contribution is -0.135. The lowest BCUT2D eigenvalue weighted by Crippen LogP contribution is -2.17. The van der Waals surface area contributed by atoms with Gasteiger partial charge in [-0.25, -0.2) is 0 Å². The molecule has 1 rings (SSSR count). The maximum atomic E-state index is 12.1. The van der Waals surface area contributed by atoms with Crippen molar-refractivity contribution in [2.75, 3.05) is 7.05 Å². The van der Waals surface area contributed by atoms with Gasteiger partial charge in [0.1, 0.15) is 0 Å². The summed E-state index contributed by atoms with van der Waals surface area (Å²) in [5.74, 6) is 0. The lowest BCUT2D eigenvalue weighted by Gasteiger charge is -2.15. The Balaban J connectivity index is 2.54. The Morgan fingerprint density at radius 2 is 2.12 bits per heavy atom. The summed E-state index contributed by atoms with van der Waals surface area (Å²) in [7, 11) is 1.75. The maximum Gasteiger partial charge on any atom is 0.389 e. The molecule has 1 N–H and O–H groups in total. The normalized spacial score (nSPS) is 13.9. The summed E-state index contributed by atoms with van der Waals surface area (Å²) >= 11 is 1.26. The molecular formula is C10H16F3N3S. The number of halogens is 3. The third-order valence-corrected chi connectivity index (χ3v) is 3.42. The predicted molar refractivity (Wildman–Crippen MR) is 61.0 cm³/mol. The summed E-state index contributed by atoms with van der Waals surface area (Å²) < 4.78 is 40.0. The first-order chi connectivity index (χ1) is 7.98. The number of hydrogen-bond acceptors (Lipinski definition) is 4. The smallest absolute Gasteiger partial charge is 0.312 e. The molecule has 98 valence electrons. The molecule has 0 fully saturated rings. The topological polar surface area (TPSA) is 37.8 Å². The number of aromatic nitrogens is 2. The van der Waals surface area contributed by atoms with Gasteiger partial charge in [0.15, 0.2) is 0 Å². The van der Waals surface area contributed by atoms with Crippen LogP contribution < -0.4 is 5.32 Å². The van der Waals surface area contributed by atoms with Gasteiger partial charge in [-0.05, 0) is 37.8 Å². The molecule has 0 amide bonds. The van der Waals surface area contributed by atoms with Crippen molar-refractivity contribution in [3.63, 3.8) is 0 Å². The van der Waals surface area contributed by atoms with Gasteiger partial charge in [-0.2, -0.15) is 13.2 Å². The molecule has 1 aromatic heterocycles. The van der Waals surface area contributed by atoms with Gasteiger partial charge >= 0.3 is 6.18 Å². The van der Waals surface area contributed by atoms with E-state index in [0.29, 0.717) is 6.42 Å². The van der Waals surface area contributed by atoms with E-state index in [1.165, 1.54) is 11.5 Å². The standard InChI is InChI=1S/C10H16F3N3S/c1-3-7-9(17-16-15-7)8(14-2)5-4-6-10(11,12)13/h8,14H,3-6H2,1-2H3. The molecule has 0 aliphatic carbocycles. The first-order valence-corrected chi connectivity index (χ1v) is 6.30. The fraction of sp³-hybridized carbons (Fsp3) is 0.800. The monoisotopic (exact) mass is 267 g/mol. The Bertz CT molecular complexity index is 338. The minimum absolute atomic E-state index is 0.0766. The molecule has 1 unspecified atom stereocenters. The highest BCUT2D eigenvalue weighted by atomic mass is 32.1. The summed E-state index contributed by atoms with van der Waals surface area (Å²) in [6, 6.07) is -0.0766. The molecule has 1 aromatic rings. The number of rotatable bonds is 6. The van der Waals surface area contributed by atoms with E-state index < -0.39 is 12.6 Å². The minimum Gasteiger partial charge on any atom is -0.312 e. The highest BCUT2D eigenvalue weighted by Gasteiger charge is 2.27. The molecule has 0 aromatic carbocycles. The lowest BCUT2D eigenvalue weighted by atomic mass is 10.1. The zero-order valence-electron chi connectivity index (χ0n) is 9.84. The first-order valence-electron chi connectivity index (χ1n) is 5.53. The average molecular weight is 267 g/mol. The molecule has 0 saturated heterocycles. The third kappa shape index (κ3) is 4.59. The van der Waals surface area contributed by atoms with E-state index in [1.54, 1.807) is 7.05 Å². The van der Waals surface area contributed by atoms with E-state index in [1.807, 2.05) is 6.92 Å². The van der Waals surface area contributed by atoms with Crippen molar-refractivity contribution in [3.05, 3.63) is 10.6 Å². The predicted octanol–water partition coefficient (Wildman–Crippen LogP) is 3.09. The van der Waals surface area contributed by atoms with Crippen LogP contribution >= 0.6 is 11.5 Å². The van der Waals surface area contributed by atoms with Crippen molar-refractivity contribution in [1.29, 1.82) is 0 Å². The second-order valence-corrected chi connectivity index (χ2v) is 4.57. The Morgan fingerprint density at radius 3 is 2.65 bits per heavy atom. The molecule has 17 heavy (non-hydrogen) atoms. The average Bonchev–Trinajstić information content (AvgIpc) is 2.70. The molecule has 0 bridgehead atoms.